The maximum atomic E-state index is 10.5. The molecule has 0 aliphatic carbocycles. The van der Waals surface area contributed by atoms with E-state index in [0.717, 1.165) is 10.9 Å². The van der Waals surface area contributed by atoms with Gasteiger partial charge in [-0.05, 0) is 30.0 Å². The zero-order valence-electron chi connectivity index (χ0n) is 8.30. The minimum absolute atomic E-state index is 0.836. The third-order valence-electron chi connectivity index (χ3n) is 1.63. The summed E-state index contributed by atoms with van der Waals surface area (Å²) in [4.78, 5) is 8.78. The second kappa shape index (κ2) is 7.27. The first-order valence-electron chi connectivity index (χ1n) is 4.29. The average Bonchev–Trinajstić information content (AvgIpc) is 2.57. The van der Waals surface area contributed by atoms with Crippen LogP contribution in [-0.2, 0) is 15.7 Å². The van der Waals surface area contributed by atoms with Crippen molar-refractivity contribution >= 4 is 28.6 Å². The van der Waals surface area contributed by atoms with Crippen molar-refractivity contribution in [2.45, 2.75) is 19.0 Å². The van der Waals surface area contributed by atoms with Gasteiger partial charge in [-0.15, -0.1) is 11.8 Å². The molecule has 1 rings (SSSR count). The summed E-state index contributed by atoms with van der Waals surface area (Å²) < 4.78 is 31.5. The first kappa shape index (κ1) is 15.0. The summed E-state index contributed by atoms with van der Waals surface area (Å²) in [6, 6.07) is 0. The van der Waals surface area contributed by atoms with Crippen LogP contribution in [0.15, 0.2) is 0 Å². The zero-order chi connectivity index (χ0) is 11.9. The molecule has 2 nitrogen and oxygen atoms in total. The second-order valence-electron chi connectivity index (χ2n) is 2.92. The van der Waals surface area contributed by atoms with Crippen molar-refractivity contribution in [2.75, 3.05) is 22.8 Å². The third-order valence-corrected chi connectivity index (χ3v) is 5.64. The van der Waals surface area contributed by atoms with E-state index in [1.807, 2.05) is 11.8 Å². The molecule has 1 aliphatic rings. The normalized spacial score (nSPS) is 17.1. The quantitative estimate of drug-likeness (QED) is 0.698. The summed E-state index contributed by atoms with van der Waals surface area (Å²) in [5, 5.41) is 10.2. The van der Waals surface area contributed by atoms with Gasteiger partial charge in [-0.25, -0.2) is 0 Å². The van der Waals surface area contributed by atoms with Crippen molar-refractivity contribution < 1.29 is 23.1 Å². The number of carbonyl (C=O) groups excluding carboxylic acids is 1. The van der Waals surface area contributed by atoms with E-state index in [4.69, 9.17) is 9.90 Å². The Kier molecular flexibility index (Phi) is 7.25. The molecular weight excluding hydrogens is 249 g/mol. The van der Waals surface area contributed by atoms with Gasteiger partial charge in [0.25, 0.3) is 0 Å². The van der Waals surface area contributed by atoms with Crippen LogP contribution < -0.4 is 5.11 Å². The Bertz CT molecular complexity index is 191. The van der Waals surface area contributed by atoms with Crippen LogP contribution in [0.1, 0.15) is 12.8 Å². The number of carboxylic acid groups (broad SMARTS) is 1. The lowest BCUT2D eigenvalue weighted by atomic mass is 10.4. The summed E-state index contributed by atoms with van der Waals surface area (Å²) in [5.74, 6) is 0.0503. The summed E-state index contributed by atoms with van der Waals surface area (Å²) in [5.41, 5.74) is 0. The maximum absolute atomic E-state index is 10.5. The molecule has 15 heavy (non-hydrogen) atoms. The highest BCUT2D eigenvalue weighted by Crippen LogP contribution is 2.16. The van der Waals surface area contributed by atoms with E-state index >= 15 is 0 Å². The van der Waals surface area contributed by atoms with E-state index in [1.165, 1.54) is 29.4 Å². The number of hydrogen-bond donors (Lipinski definition) is 0. The molecule has 1 heterocycles. The summed E-state index contributed by atoms with van der Waals surface area (Å²) in [7, 11) is 0.836. The van der Waals surface area contributed by atoms with Crippen LogP contribution >= 0.6 is 11.8 Å². The number of aliphatic carboxylic acids is 1. The van der Waals surface area contributed by atoms with Crippen molar-refractivity contribution in [3.8, 4) is 0 Å². The van der Waals surface area contributed by atoms with Gasteiger partial charge in [0.05, 0.1) is 0 Å². The largest absolute Gasteiger partial charge is 0.542 e. The van der Waals surface area contributed by atoms with Gasteiger partial charge < -0.3 is 9.90 Å². The van der Waals surface area contributed by atoms with E-state index in [-0.39, 0.29) is 0 Å². The van der Waals surface area contributed by atoms with E-state index < -0.39 is 12.1 Å². The minimum atomic E-state index is -5.19. The second-order valence-corrected chi connectivity index (χ2v) is 6.48. The van der Waals surface area contributed by atoms with Crippen LogP contribution in [0.25, 0.3) is 0 Å². The fraction of sp³-hybridized carbons (Fsp3) is 0.875. The predicted molar refractivity (Wildman–Crippen MR) is 55.8 cm³/mol. The summed E-state index contributed by atoms with van der Waals surface area (Å²) in [6.45, 7) is 0. The molecular formula is C8H13F3O2S2. The number of thioether (sulfide) groups is 1. The Balaban J connectivity index is 0.000000265. The van der Waals surface area contributed by atoms with Crippen LogP contribution in [0.5, 0.6) is 0 Å². The van der Waals surface area contributed by atoms with E-state index in [0.29, 0.717) is 0 Å². The van der Waals surface area contributed by atoms with E-state index in [9.17, 15) is 13.2 Å². The molecule has 7 heteroatoms. The number of alkyl halides is 3. The third kappa shape index (κ3) is 7.84. The van der Waals surface area contributed by atoms with Crippen LogP contribution in [-0.4, -0.2) is 35.0 Å². The van der Waals surface area contributed by atoms with Gasteiger partial charge in [0.2, 0.25) is 0 Å². The molecule has 0 saturated carbocycles. The van der Waals surface area contributed by atoms with Gasteiger partial charge in [0.15, 0.2) is 5.08 Å². The van der Waals surface area contributed by atoms with Crippen LogP contribution in [0.4, 0.5) is 13.2 Å². The lowest BCUT2D eigenvalue weighted by molar-refractivity contribution is -0.344. The molecule has 90 valence electrons. The molecule has 0 amide bonds. The fourth-order valence-corrected chi connectivity index (χ4v) is 4.70. The Morgan fingerprint density at radius 2 is 1.80 bits per heavy atom. The first-order chi connectivity index (χ1) is 6.88. The van der Waals surface area contributed by atoms with Crippen molar-refractivity contribution in [2.24, 2.45) is 0 Å². The summed E-state index contributed by atoms with van der Waals surface area (Å²) in [6.07, 6.45) is 0.0265. The molecule has 0 N–H and O–H groups in total. The highest BCUT2D eigenvalue weighted by Gasteiger charge is 2.28. The van der Waals surface area contributed by atoms with Crippen molar-refractivity contribution in [3.05, 3.63) is 0 Å². The minimum Gasteiger partial charge on any atom is -0.542 e. The van der Waals surface area contributed by atoms with Crippen molar-refractivity contribution in [3.63, 3.8) is 0 Å². The summed E-state index contributed by atoms with van der Waals surface area (Å²) >= 11 is 2.01. The molecule has 0 aromatic carbocycles. The van der Waals surface area contributed by atoms with E-state index in [1.54, 1.807) is 0 Å². The number of rotatable bonds is 2. The van der Waals surface area contributed by atoms with E-state index in [2.05, 4.69) is 6.26 Å². The molecule has 0 unspecified atom stereocenters. The van der Waals surface area contributed by atoms with Crippen LogP contribution in [0, 0.1) is 0 Å². The van der Waals surface area contributed by atoms with Gasteiger partial charge >= 0.3 is 6.18 Å². The standard InChI is InChI=1S/C6H13S2.C2HF3O2/c1-7-6-8-4-2-3-5-8;3-2(4,5)1(6)7/h2-6H2,1H3;(H,6,7)/q+1;/p-1. The van der Waals surface area contributed by atoms with Gasteiger partial charge in [-0.2, -0.15) is 13.2 Å². The van der Waals surface area contributed by atoms with Crippen molar-refractivity contribution in [1.82, 2.24) is 0 Å². The first-order valence-corrected chi connectivity index (χ1v) is 7.41. The highest BCUT2D eigenvalue weighted by molar-refractivity contribution is 8.14. The Hall–Kier alpha value is -0.0400. The molecule has 0 radical (unpaired) electrons. The number of halogens is 3. The van der Waals surface area contributed by atoms with Gasteiger partial charge in [0.1, 0.15) is 17.5 Å². The number of carboxylic acids is 1. The molecule has 1 saturated heterocycles. The predicted octanol–water partition coefficient (Wildman–Crippen LogP) is 1.02. The Morgan fingerprint density at radius 1 is 1.40 bits per heavy atom. The van der Waals surface area contributed by atoms with Crippen molar-refractivity contribution in [1.29, 1.82) is 0 Å². The topological polar surface area (TPSA) is 40.1 Å². The Morgan fingerprint density at radius 3 is 2.07 bits per heavy atom. The van der Waals surface area contributed by atoms with Gasteiger partial charge in [-0.3, -0.25) is 0 Å². The molecule has 0 aromatic rings. The van der Waals surface area contributed by atoms with Crippen LogP contribution in [0.2, 0.25) is 0 Å². The smallest absolute Gasteiger partial charge is 0.430 e. The Labute approximate surface area is 94.0 Å². The highest BCUT2D eigenvalue weighted by atomic mass is 32.2. The van der Waals surface area contributed by atoms with Gasteiger partial charge in [-0.1, -0.05) is 0 Å². The molecule has 0 aromatic heterocycles. The lowest BCUT2D eigenvalue weighted by Crippen LogP contribution is -2.37. The molecule has 0 bridgehead atoms. The average molecular weight is 262 g/mol. The number of hydrogen-bond acceptors (Lipinski definition) is 3. The van der Waals surface area contributed by atoms with Crippen LogP contribution in [0.3, 0.4) is 0 Å². The number of carbonyl (C=O) groups is 1. The SMILES string of the molecule is CSC[S+]1CCCC1.O=C([O-])C(F)(F)F. The van der Waals surface area contributed by atoms with Gasteiger partial charge in [0, 0.05) is 0 Å². The molecule has 1 aliphatic heterocycles. The molecule has 0 atom stereocenters. The monoisotopic (exact) mass is 262 g/mol. The maximum Gasteiger partial charge on any atom is 0.430 e. The molecule has 0 spiro atoms. The fourth-order valence-electron chi connectivity index (χ4n) is 0.999. The lowest BCUT2D eigenvalue weighted by Gasteiger charge is -2.03. The molecule has 1 fully saturated rings. The zero-order valence-corrected chi connectivity index (χ0v) is 9.94.